The van der Waals surface area contributed by atoms with Crippen LogP contribution in [0.1, 0.15) is 29.2 Å². The summed E-state index contributed by atoms with van der Waals surface area (Å²) in [6, 6.07) is 18.8. The van der Waals surface area contributed by atoms with Crippen LogP contribution in [0.3, 0.4) is 0 Å². The molecule has 3 aromatic rings. The predicted molar refractivity (Wildman–Crippen MR) is 133 cm³/mol. The molecule has 0 radical (unpaired) electrons. The van der Waals surface area contributed by atoms with Crippen molar-refractivity contribution in [2.24, 2.45) is 0 Å². The second kappa shape index (κ2) is 11.5. The maximum absolute atomic E-state index is 12.7. The van der Waals surface area contributed by atoms with Crippen LogP contribution in [0.15, 0.2) is 66.2 Å². The van der Waals surface area contributed by atoms with Crippen molar-refractivity contribution in [2.75, 3.05) is 11.9 Å². The van der Waals surface area contributed by atoms with E-state index in [0.29, 0.717) is 34.9 Å². The highest BCUT2D eigenvalue weighted by Gasteiger charge is 2.13. The van der Waals surface area contributed by atoms with E-state index >= 15 is 0 Å². The van der Waals surface area contributed by atoms with Gasteiger partial charge in [0.15, 0.2) is 11.5 Å². The van der Waals surface area contributed by atoms with Gasteiger partial charge in [0, 0.05) is 17.8 Å². The first kappa shape index (κ1) is 25.0. The molecule has 0 heterocycles. The van der Waals surface area contributed by atoms with Gasteiger partial charge in [-0.25, -0.2) is 0 Å². The second-order valence-corrected chi connectivity index (χ2v) is 7.80. The normalized spacial score (nSPS) is 10.9. The highest BCUT2D eigenvalue weighted by molar-refractivity contribution is 6.10. The van der Waals surface area contributed by atoms with Gasteiger partial charge in [0.25, 0.3) is 11.6 Å². The monoisotopic (exact) mass is 471 g/mol. The number of anilines is 1. The van der Waals surface area contributed by atoms with Crippen molar-refractivity contribution in [2.45, 2.75) is 27.4 Å². The molecule has 0 bridgehead atoms. The Bertz CT molecular complexity index is 1320. The summed E-state index contributed by atoms with van der Waals surface area (Å²) in [5, 5.41) is 23.3. The predicted octanol–water partition coefficient (Wildman–Crippen LogP) is 5.74. The number of rotatable bonds is 9. The lowest BCUT2D eigenvalue weighted by Crippen LogP contribution is -2.14. The lowest BCUT2D eigenvalue weighted by atomic mass is 10.1. The van der Waals surface area contributed by atoms with Gasteiger partial charge in [0.2, 0.25) is 0 Å². The molecule has 1 amide bonds. The van der Waals surface area contributed by atoms with Crippen molar-refractivity contribution in [1.29, 1.82) is 5.26 Å². The molecular weight excluding hydrogens is 446 g/mol. The van der Waals surface area contributed by atoms with Gasteiger partial charge >= 0.3 is 0 Å². The van der Waals surface area contributed by atoms with E-state index in [-0.39, 0.29) is 17.9 Å². The molecule has 0 aliphatic carbocycles. The highest BCUT2D eigenvalue weighted by Crippen LogP contribution is 2.30. The third-order valence-electron chi connectivity index (χ3n) is 5.09. The zero-order valence-corrected chi connectivity index (χ0v) is 19.7. The Balaban J connectivity index is 1.79. The van der Waals surface area contributed by atoms with Crippen molar-refractivity contribution in [1.82, 2.24) is 0 Å². The van der Waals surface area contributed by atoms with Gasteiger partial charge in [-0.2, -0.15) is 5.26 Å². The van der Waals surface area contributed by atoms with Crippen LogP contribution in [-0.2, 0) is 11.4 Å². The van der Waals surface area contributed by atoms with Crippen LogP contribution >= 0.6 is 0 Å². The van der Waals surface area contributed by atoms with Crippen LogP contribution in [0.4, 0.5) is 11.4 Å². The van der Waals surface area contributed by atoms with Crippen LogP contribution in [0.2, 0.25) is 0 Å². The smallest absolute Gasteiger partial charge is 0.269 e. The molecule has 3 aromatic carbocycles. The summed E-state index contributed by atoms with van der Waals surface area (Å²) >= 11 is 0. The van der Waals surface area contributed by atoms with E-state index in [1.807, 2.05) is 39.0 Å². The molecule has 0 aliphatic rings. The molecule has 35 heavy (non-hydrogen) atoms. The second-order valence-electron chi connectivity index (χ2n) is 7.80. The SMILES string of the molecule is CCOc1cc(/C=C(\C#N)C(=O)Nc2ccc(C)cc2C)ccc1OCc1cccc([N+](=O)[O-])c1. The Kier molecular flexibility index (Phi) is 8.20. The molecule has 0 atom stereocenters. The van der Waals surface area contributed by atoms with E-state index in [1.54, 1.807) is 36.4 Å². The maximum atomic E-state index is 12.7. The maximum Gasteiger partial charge on any atom is 0.269 e. The molecule has 8 heteroatoms. The summed E-state index contributed by atoms with van der Waals surface area (Å²) < 4.78 is 11.5. The van der Waals surface area contributed by atoms with Crippen LogP contribution in [0.25, 0.3) is 6.08 Å². The third-order valence-corrected chi connectivity index (χ3v) is 5.09. The van der Waals surface area contributed by atoms with Crippen LogP contribution in [0.5, 0.6) is 11.5 Å². The zero-order chi connectivity index (χ0) is 25.4. The number of nitro groups is 1. The van der Waals surface area contributed by atoms with Gasteiger partial charge < -0.3 is 14.8 Å². The first-order chi connectivity index (χ1) is 16.8. The summed E-state index contributed by atoms with van der Waals surface area (Å²) in [5.41, 5.74) is 3.77. The summed E-state index contributed by atoms with van der Waals surface area (Å²) in [6.07, 6.45) is 1.48. The Morgan fingerprint density at radius 3 is 2.57 bits per heavy atom. The van der Waals surface area contributed by atoms with Crippen molar-refractivity contribution in [3.05, 3.63) is 98.6 Å². The van der Waals surface area contributed by atoms with Gasteiger partial charge in [-0.05, 0) is 61.7 Å². The van der Waals surface area contributed by atoms with Crippen LogP contribution in [0, 0.1) is 35.3 Å². The summed E-state index contributed by atoms with van der Waals surface area (Å²) in [5.74, 6) is 0.357. The number of hydrogen-bond acceptors (Lipinski definition) is 6. The minimum absolute atomic E-state index is 0.0141. The standard InChI is InChI=1S/C27H25N3O5/c1-4-34-26-15-20(9-11-25(26)35-17-21-6-5-7-23(14-21)30(32)33)13-22(16-28)27(31)29-24-10-8-18(2)12-19(24)3/h5-15H,4,17H2,1-3H3,(H,29,31)/b22-13+. The fraction of sp³-hybridized carbons (Fsp3) is 0.185. The number of nitro benzene ring substituents is 1. The molecule has 0 aromatic heterocycles. The molecule has 0 saturated carbocycles. The van der Waals surface area contributed by atoms with Gasteiger partial charge in [-0.3, -0.25) is 14.9 Å². The van der Waals surface area contributed by atoms with Gasteiger partial charge in [0.1, 0.15) is 18.2 Å². The number of benzene rings is 3. The Hall–Kier alpha value is -4.64. The quantitative estimate of drug-likeness (QED) is 0.184. The number of carbonyl (C=O) groups excluding carboxylic acids is 1. The number of nitriles is 1. The molecule has 0 unspecified atom stereocenters. The minimum atomic E-state index is -0.511. The minimum Gasteiger partial charge on any atom is -0.490 e. The molecule has 0 saturated heterocycles. The number of carbonyl (C=O) groups is 1. The summed E-state index contributed by atoms with van der Waals surface area (Å²) in [6.45, 7) is 6.16. The molecule has 178 valence electrons. The van der Waals surface area contributed by atoms with E-state index in [9.17, 15) is 20.2 Å². The zero-order valence-electron chi connectivity index (χ0n) is 19.7. The topological polar surface area (TPSA) is 114 Å². The lowest BCUT2D eigenvalue weighted by molar-refractivity contribution is -0.384. The first-order valence-corrected chi connectivity index (χ1v) is 10.9. The van der Waals surface area contributed by atoms with Crippen molar-refractivity contribution < 1.29 is 19.2 Å². The molecule has 3 rings (SSSR count). The number of hydrogen-bond donors (Lipinski definition) is 1. The summed E-state index contributed by atoms with van der Waals surface area (Å²) in [4.78, 5) is 23.2. The molecular formula is C27H25N3O5. The van der Waals surface area contributed by atoms with E-state index in [4.69, 9.17) is 9.47 Å². The lowest BCUT2D eigenvalue weighted by Gasteiger charge is -2.13. The molecule has 1 N–H and O–H groups in total. The number of nitrogens with zero attached hydrogens (tertiary/aromatic N) is 2. The van der Waals surface area contributed by atoms with Gasteiger partial charge in [-0.15, -0.1) is 0 Å². The first-order valence-electron chi connectivity index (χ1n) is 10.9. The van der Waals surface area contributed by atoms with Crippen molar-refractivity contribution in [3.63, 3.8) is 0 Å². The Morgan fingerprint density at radius 2 is 1.89 bits per heavy atom. The van der Waals surface area contributed by atoms with Crippen molar-refractivity contribution in [3.8, 4) is 17.6 Å². The largest absolute Gasteiger partial charge is 0.490 e. The average molecular weight is 472 g/mol. The fourth-order valence-corrected chi connectivity index (χ4v) is 3.38. The van der Waals surface area contributed by atoms with Gasteiger partial charge in [0.05, 0.1) is 11.5 Å². The number of ether oxygens (including phenoxy) is 2. The molecule has 8 nitrogen and oxygen atoms in total. The Labute approximate surface area is 203 Å². The van der Waals surface area contributed by atoms with Crippen molar-refractivity contribution >= 4 is 23.4 Å². The van der Waals surface area contributed by atoms with E-state index in [2.05, 4.69) is 5.32 Å². The number of aryl methyl sites for hydroxylation is 2. The average Bonchev–Trinajstić information content (AvgIpc) is 2.84. The van der Waals surface area contributed by atoms with Crippen LogP contribution < -0.4 is 14.8 Å². The molecule has 0 spiro atoms. The van der Waals surface area contributed by atoms with E-state index < -0.39 is 10.8 Å². The molecule has 0 fully saturated rings. The molecule has 0 aliphatic heterocycles. The summed E-state index contributed by atoms with van der Waals surface area (Å²) in [7, 11) is 0. The van der Waals surface area contributed by atoms with Crippen LogP contribution in [-0.4, -0.2) is 17.4 Å². The van der Waals surface area contributed by atoms with E-state index in [0.717, 1.165) is 11.1 Å². The van der Waals surface area contributed by atoms with Gasteiger partial charge in [-0.1, -0.05) is 35.9 Å². The number of nitrogens with one attached hydrogen (secondary N) is 1. The number of non-ortho nitro benzene ring substituents is 1. The third kappa shape index (κ3) is 6.68. The highest BCUT2D eigenvalue weighted by atomic mass is 16.6. The van der Waals surface area contributed by atoms with E-state index in [1.165, 1.54) is 18.2 Å². The Morgan fingerprint density at radius 1 is 1.09 bits per heavy atom. The fourth-order valence-electron chi connectivity index (χ4n) is 3.38. The number of amides is 1.